The lowest BCUT2D eigenvalue weighted by Gasteiger charge is -2.38. The number of ether oxygens (including phenoxy) is 2. The molecular formula is C29H21F2NO2. The van der Waals surface area contributed by atoms with Crippen LogP contribution >= 0.6 is 0 Å². The van der Waals surface area contributed by atoms with Gasteiger partial charge in [-0.15, -0.1) is 0 Å². The molecule has 0 spiro atoms. The van der Waals surface area contributed by atoms with Crippen molar-refractivity contribution in [3.63, 3.8) is 0 Å². The van der Waals surface area contributed by atoms with E-state index in [0.717, 1.165) is 10.5 Å². The van der Waals surface area contributed by atoms with Crippen molar-refractivity contribution in [2.75, 3.05) is 4.90 Å². The average molecular weight is 453 g/mol. The van der Waals surface area contributed by atoms with Crippen molar-refractivity contribution in [2.45, 2.75) is 18.1 Å². The topological polar surface area (TPSA) is 21.7 Å². The van der Waals surface area contributed by atoms with Gasteiger partial charge in [0.25, 0.3) is 0 Å². The van der Waals surface area contributed by atoms with Crippen LogP contribution in [0.25, 0.3) is 11.6 Å². The number of alkyl halides is 2. The highest BCUT2D eigenvalue weighted by molar-refractivity contribution is 5.87. The van der Waals surface area contributed by atoms with Gasteiger partial charge in [0, 0.05) is 16.8 Å². The summed E-state index contributed by atoms with van der Waals surface area (Å²) in [5.41, 5.74) is 2.53. The number of hydrogen-bond donors (Lipinski definition) is 0. The van der Waals surface area contributed by atoms with Gasteiger partial charge in [0.2, 0.25) is 0 Å². The third-order valence-corrected chi connectivity index (χ3v) is 6.23. The Morgan fingerprint density at radius 1 is 0.735 bits per heavy atom. The summed E-state index contributed by atoms with van der Waals surface area (Å²) in [7, 11) is 0. The first-order valence-corrected chi connectivity index (χ1v) is 11.1. The van der Waals surface area contributed by atoms with Gasteiger partial charge in [0.15, 0.2) is 6.23 Å². The van der Waals surface area contributed by atoms with Gasteiger partial charge in [-0.2, -0.15) is 8.78 Å². The number of hydrogen-bond acceptors (Lipinski definition) is 3. The Labute approximate surface area is 196 Å². The molecule has 34 heavy (non-hydrogen) atoms. The van der Waals surface area contributed by atoms with Crippen LogP contribution in [0.5, 0.6) is 5.75 Å². The van der Waals surface area contributed by atoms with Crippen LogP contribution in [0.4, 0.5) is 14.5 Å². The molecule has 3 nitrogen and oxygen atoms in total. The fourth-order valence-electron chi connectivity index (χ4n) is 4.68. The molecule has 1 fully saturated rings. The summed E-state index contributed by atoms with van der Waals surface area (Å²) >= 11 is 0. The van der Waals surface area contributed by atoms with Crippen LogP contribution in [0.2, 0.25) is 0 Å². The van der Waals surface area contributed by atoms with Crippen LogP contribution < -0.4 is 9.64 Å². The Hall–Kier alpha value is -3.96. The Morgan fingerprint density at radius 3 is 2.03 bits per heavy atom. The number of halogens is 2. The zero-order valence-electron chi connectivity index (χ0n) is 18.1. The van der Waals surface area contributed by atoms with E-state index in [-0.39, 0.29) is 5.57 Å². The summed E-state index contributed by atoms with van der Waals surface area (Å²) < 4.78 is 45.9. The standard InChI is InChI=1S/C29H21F2NO2/c30-29(31)28(25(22-14-6-2-7-15-22)20-21-12-4-1-5-13-21)33-26-19-11-10-18-24(26)27(34-28)32(29)23-16-8-3-9-17-23/h1-20,27H/b25-20+/t27-,28-/m0/s1. The van der Waals surface area contributed by atoms with Gasteiger partial charge in [-0.3, -0.25) is 4.90 Å². The molecule has 0 aliphatic carbocycles. The summed E-state index contributed by atoms with van der Waals surface area (Å²) in [6.45, 7) is 0. The molecule has 2 heterocycles. The first kappa shape index (κ1) is 20.6. The molecule has 2 atom stereocenters. The van der Waals surface area contributed by atoms with Crippen LogP contribution in [0.15, 0.2) is 115 Å². The van der Waals surface area contributed by atoms with Gasteiger partial charge < -0.3 is 9.47 Å². The third-order valence-electron chi connectivity index (χ3n) is 6.23. The molecule has 2 aliphatic heterocycles. The van der Waals surface area contributed by atoms with E-state index in [1.165, 1.54) is 0 Å². The third kappa shape index (κ3) is 3.05. The monoisotopic (exact) mass is 453 g/mol. The van der Waals surface area contributed by atoms with Gasteiger partial charge in [0.05, 0.1) is 0 Å². The predicted molar refractivity (Wildman–Crippen MR) is 128 cm³/mol. The number of benzene rings is 4. The van der Waals surface area contributed by atoms with Crippen LogP contribution in [-0.2, 0) is 4.74 Å². The van der Waals surface area contributed by atoms with Gasteiger partial charge in [-0.25, -0.2) is 0 Å². The average Bonchev–Trinajstić information content (AvgIpc) is 3.07. The number of para-hydroxylation sites is 2. The molecule has 4 aromatic rings. The van der Waals surface area contributed by atoms with Crippen molar-refractivity contribution in [3.05, 3.63) is 132 Å². The molecule has 0 saturated carbocycles. The normalized spacial score (nSPS) is 22.7. The molecule has 0 N–H and O–H groups in total. The van der Waals surface area contributed by atoms with Crippen molar-refractivity contribution in [1.82, 2.24) is 0 Å². The van der Waals surface area contributed by atoms with Gasteiger partial charge in [-0.1, -0.05) is 97.1 Å². The molecule has 2 aliphatic rings. The van der Waals surface area contributed by atoms with E-state index in [4.69, 9.17) is 9.47 Å². The molecule has 2 bridgehead atoms. The molecule has 0 unspecified atom stereocenters. The SMILES string of the molecule is FC1(F)N(c2ccccc2)[C@H]2O[C@]1(/C(=C/c1ccccc1)c1ccccc1)Oc1ccccc12. The Morgan fingerprint density at radius 2 is 1.32 bits per heavy atom. The molecule has 5 heteroatoms. The Kier molecular flexibility index (Phi) is 4.74. The van der Waals surface area contributed by atoms with Crippen LogP contribution in [0, 0.1) is 0 Å². The maximum atomic E-state index is 16.7. The maximum absolute atomic E-state index is 16.7. The van der Waals surface area contributed by atoms with Crippen molar-refractivity contribution < 1.29 is 18.3 Å². The second kappa shape index (κ2) is 7.82. The molecule has 168 valence electrons. The van der Waals surface area contributed by atoms with E-state index in [9.17, 15) is 0 Å². The van der Waals surface area contributed by atoms with E-state index in [0.29, 0.717) is 22.6 Å². The van der Waals surface area contributed by atoms with Crippen molar-refractivity contribution >= 4 is 17.3 Å². The van der Waals surface area contributed by atoms with Crippen molar-refractivity contribution in [3.8, 4) is 5.75 Å². The van der Waals surface area contributed by atoms with E-state index in [1.54, 1.807) is 72.8 Å². The smallest absolute Gasteiger partial charge is 0.397 e. The van der Waals surface area contributed by atoms with Gasteiger partial charge >= 0.3 is 11.8 Å². The molecule has 6 rings (SSSR count). The van der Waals surface area contributed by atoms with Crippen molar-refractivity contribution in [2.24, 2.45) is 0 Å². The second-order valence-electron chi connectivity index (χ2n) is 8.31. The molecule has 0 aromatic heterocycles. The second-order valence-corrected chi connectivity index (χ2v) is 8.31. The Balaban J connectivity index is 1.63. The lowest BCUT2D eigenvalue weighted by molar-refractivity contribution is -0.231. The first-order chi connectivity index (χ1) is 16.6. The number of rotatable bonds is 4. The highest BCUT2D eigenvalue weighted by Gasteiger charge is 2.74. The molecule has 0 amide bonds. The first-order valence-electron chi connectivity index (χ1n) is 11.1. The molecule has 0 radical (unpaired) electrons. The quantitative estimate of drug-likeness (QED) is 0.242. The number of anilines is 1. The highest BCUT2D eigenvalue weighted by Crippen LogP contribution is 2.61. The fraction of sp³-hybridized carbons (Fsp3) is 0.103. The minimum absolute atomic E-state index is 0.252. The molecular weight excluding hydrogens is 432 g/mol. The lowest BCUT2D eigenvalue weighted by Crippen LogP contribution is -2.56. The summed E-state index contributed by atoms with van der Waals surface area (Å²) in [6.07, 6.45) is 0.702. The molecule has 4 aromatic carbocycles. The van der Waals surface area contributed by atoms with Crippen LogP contribution in [0.1, 0.15) is 22.9 Å². The summed E-state index contributed by atoms with van der Waals surface area (Å²) in [5.74, 6) is -1.98. The summed E-state index contributed by atoms with van der Waals surface area (Å²) in [4.78, 5) is 1.03. The van der Waals surface area contributed by atoms with E-state index in [1.807, 2.05) is 48.5 Å². The fourth-order valence-corrected chi connectivity index (χ4v) is 4.68. The lowest BCUT2D eigenvalue weighted by atomic mass is 9.92. The molecule has 1 saturated heterocycles. The van der Waals surface area contributed by atoms with Gasteiger partial charge in [-0.05, 0) is 35.4 Å². The Bertz CT molecular complexity index is 1340. The predicted octanol–water partition coefficient (Wildman–Crippen LogP) is 7.14. The summed E-state index contributed by atoms with van der Waals surface area (Å²) in [6, 6.07) is 30.6. The van der Waals surface area contributed by atoms with Crippen LogP contribution in [-0.4, -0.2) is 11.8 Å². The van der Waals surface area contributed by atoms with Crippen LogP contribution in [0.3, 0.4) is 0 Å². The number of fused-ring (bicyclic) bond motifs is 4. The zero-order chi connectivity index (χ0) is 23.2. The zero-order valence-corrected chi connectivity index (χ0v) is 18.1. The minimum atomic E-state index is -3.53. The van der Waals surface area contributed by atoms with E-state index >= 15 is 8.78 Å². The van der Waals surface area contributed by atoms with Crippen molar-refractivity contribution in [1.29, 1.82) is 0 Å². The highest BCUT2D eigenvalue weighted by atomic mass is 19.3. The minimum Gasteiger partial charge on any atom is -0.450 e. The van der Waals surface area contributed by atoms with E-state index < -0.39 is 18.1 Å². The summed E-state index contributed by atoms with van der Waals surface area (Å²) in [5, 5.41) is 0. The number of nitrogens with zero attached hydrogens (tertiary/aromatic N) is 1. The van der Waals surface area contributed by atoms with Gasteiger partial charge in [0.1, 0.15) is 5.75 Å². The maximum Gasteiger partial charge on any atom is 0.397 e. The largest absolute Gasteiger partial charge is 0.450 e. The van der Waals surface area contributed by atoms with E-state index in [2.05, 4.69) is 0 Å².